The van der Waals surface area contributed by atoms with E-state index < -0.39 is 0 Å². The Morgan fingerprint density at radius 1 is 1.29 bits per heavy atom. The molecule has 0 radical (unpaired) electrons. The van der Waals surface area contributed by atoms with Crippen LogP contribution in [0.3, 0.4) is 0 Å². The molecule has 21 heavy (non-hydrogen) atoms. The van der Waals surface area contributed by atoms with Crippen molar-refractivity contribution in [2.45, 2.75) is 39.7 Å². The van der Waals surface area contributed by atoms with Crippen LogP contribution in [0.15, 0.2) is 24.3 Å². The third kappa shape index (κ3) is 2.51. The van der Waals surface area contributed by atoms with E-state index in [0.717, 1.165) is 36.5 Å². The van der Waals surface area contributed by atoms with E-state index in [1.807, 2.05) is 0 Å². The molecule has 4 heteroatoms. The number of hydrogen-bond acceptors (Lipinski definition) is 3. The zero-order valence-electron chi connectivity index (χ0n) is 12.7. The number of hydrogen-bond donors (Lipinski definition) is 0. The number of rotatable bonds is 2. The van der Waals surface area contributed by atoms with Gasteiger partial charge in [0, 0.05) is 12.1 Å². The van der Waals surface area contributed by atoms with Crippen LogP contribution in [0.5, 0.6) is 0 Å². The van der Waals surface area contributed by atoms with Crippen molar-refractivity contribution in [3.8, 4) is 0 Å². The lowest BCUT2D eigenvalue weighted by Gasteiger charge is -2.37. The van der Waals surface area contributed by atoms with Crippen molar-refractivity contribution in [1.82, 2.24) is 9.97 Å². The summed E-state index contributed by atoms with van der Waals surface area (Å²) in [5.41, 5.74) is 5.01. The maximum Gasteiger partial charge on any atom is 0.224 e. The second-order valence-electron chi connectivity index (χ2n) is 5.56. The van der Waals surface area contributed by atoms with Crippen molar-refractivity contribution >= 4 is 17.4 Å². The first kappa shape index (κ1) is 14.3. The maximum absolute atomic E-state index is 6.12. The fourth-order valence-electron chi connectivity index (χ4n) is 3.21. The van der Waals surface area contributed by atoms with Gasteiger partial charge < -0.3 is 4.90 Å². The maximum atomic E-state index is 6.12. The van der Waals surface area contributed by atoms with Crippen LogP contribution in [0.2, 0.25) is 5.28 Å². The van der Waals surface area contributed by atoms with Gasteiger partial charge in [0.2, 0.25) is 5.28 Å². The molecule has 0 saturated carbocycles. The SMILES string of the molecule is CCc1nc(Cl)nc(N2CCc3ccccc3C2C)c1C. The summed E-state index contributed by atoms with van der Waals surface area (Å²) >= 11 is 6.12. The first-order chi connectivity index (χ1) is 10.1. The highest BCUT2D eigenvalue weighted by molar-refractivity contribution is 6.28. The van der Waals surface area contributed by atoms with Crippen LogP contribution < -0.4 is 4.90 Å². The second kappa shape index (κ2) is 5.64. The molecule has 0 aliphatic carbocycles. The number of anilines is 1. The van der Waals surface area contributed by atoms with Gasteiger partial charge in [-0.3, -0.25) is 0 Å². The van der Waals surface area contributed by atoms with E-state index in [-0.39, 0.29) is 0 Å². The van der Waals surface area contributed by atoms with Crippen LogP contribution in [0.1, 0.15) is 42.3 Å². The summed E-state index contributed by atoms with van der Waals surface area (Å²) in [4.78, 5) is 11.2. The fourth-order valence-corrected chi connectivity index (χ4v) is 3.39. The molecular formula is C17H20ClN3. The molecule has 1 aliphatic rings. The number of nitrogens with zero attached hydrogens (tertiary/aromatic N) is 3. The second-order valence-corrected chi connectivity index (χ2v) is 5.90. The van der Waals surface area contributed by atoms with Gasteiger partial charge >= 0.3 is 0 Å². The summed E-state index contributed by atoms with van der Waals surface area (Å²) in [7, 11) is 0. The lowest BCUT2D eigenvalue weighted by molar-refractivity contribution is 0.613. The lowest BCUT2D eigenvalue weighted by Crippen LogP contribution is -2.35. The summed E-state index contributed by atoms with van der Waals surface area (Å²) in [6.45, 7) is 7.40. The number of aromatic nitrogens is 2. The molecule has 2 heterocycles. The van der Waals surface area contributed by atoms with E-state index >= 15 is 0 Å². The minimum atomic E-state index is 0.310. The van der Waals surface area contributed by atoms with Crippen molar-refractivity contribution in [2.24, 2.45) is 0 Å². The molecular weight excluding hydrogens is 282 g/mol. The summed E-state index contributed by atoms with van der Waals surface area (Å²) in [6.07, 6.45) is 1.92. The van der Waals surface area contributed by atoms with E-state index in [2.05, 4.69) is 59.9 Å². The Morgan fingerprint density at radius 3 is 2.81 bits per heavy atom. The van der Waals surface area contributed by atoms with Gasteiger partial charge in [0.05, 0.1) is 11.7 Å². The Labute approximate surface area is 131 Å². The first-order valence-corrected chi connectivity index (χ1v) is 7.87. The molecule has 1 atom stereocenters. The van der Waals surface area contributed by atoms with Gasteiger partial charge in [-0.05, 0) is 49.4 Å². The minimum absolute atomic E-state index is 0.310. The molecule has 3 rings (SSSR count). The molecule has 0 saturated heterocycles. The van der Waals surface area contributed by atoms with Crippen molar-refractivity contribution in [1.29, 1.82) is 0 Å². The molecule has 2 aromatic rings. The van der Waals surface area contributed by atoms with E-state index in [9.17, 15) is 0 Å². The van der Waals surface area contributed by atoms with Gasteiger partial charge in [-0.2, -0.15) is 0 Å². The number of benzene rings is 1. The van der Waals surface area contributed by atoms with Crippen LogP contribution in [0.4, 0.5) is 5.82 Å². The average Bonchev–Trinajstić information content (AvgIpc) is 2.50. The van der Waals surface area contributed by atoms with Gasteiger partial charge in [-0.25, -0.2) is 9.97 Å². The van der Waals surface area contributed by atoms with Gasteiger partial charge in [0.1, 0.15) is 5.82 Å². The van der Waals surface area contributed by atoms with Crippen LogP contribution in [0.25, 0.3) is 0 Å². The number of halogens is 1. The lowest BCUT2D eigenvalue weighted by atomic mass is 9.93. The van der Waals surface area contributed by atoms with Gasteiger partial charge in [0.15, 0.2) is 0 Å². The predicted octanol–water partition coefficient (Wildman–Crippen LogP) is 4.12. The highest BCUT2D eigenvalue weighted by Crippen LogP contribution is 2.34. The smallest absolute Gasteiger partial charge is 0.224 e. The molecule has 1 unspecified atom stereocenters. The number of aryl methyl sites for hydroxylation is 1. The molecule has 0 N–H and O–H groups in total. The largest absolute Gasteiger partial charge is 0.349 e. The van der Waals surface area contributed by atoms with Crippen molar-refractivity contribution < 1.29 is 0 Å². The third-order valence-corrected chi connectivity index (χ3v) is 4.56. The topological polar surface area (TPSA) is 29.0 Å². The predicted molar refractivity (Wildman–Crippen MR) is 87.1 cm³/mol. The highest BCUT2D eigenvalue weighted by Gasteiger charge is 2.26. The number of fused-ring (bicyclic) bond motifs is 1. The molecule has 0 fully saturated rings. The monoisotopic (exact) mass is 301 g/mol. The van der Waals surface area contributed by atoms with E-state index in [4.69, 9.17) is 11.6 Å². The van der Waals surface area contributed by atoms with Crippen molar-refractivity contribution in [3.63, 3.8) is 0 Å². The van der Waals surface area contributed by atoms with Crippen molar-refractivity contribution in [2.75, 3.05) is 11.4 Å². The molecule has 1 aromatic heterocycles. The first-order valence-electron chi connectivity index (χ1n) is 7.49. The molecule has 0 amide bonds. The summed E-state index contributed by atoms with van der Waals surface area (Å²) < 4.78 is 0. The molecule has 1 aliphatic heterocycles. The van der Waals surface area contributed by atoms with E-state index in [1.165, 1.54) is 11.1 Å². The van der Waals surface area contributed by atoms with Gasteiger partial charge in [-0.15, -0.1) is 0 Å². The Kier molecular flexibility index (Phi) is 3.85. The fraction of sp³-hybridized carbons (Fsp3) is 0.412. The Bertz CT molecular complexity index is 669. The average molecular weight is 302 g/mol. The van der Waals surface area contributed by atoms with Crippen LogP contribution in [-0.2, 0) is 12.8 Å². The minimum Gasteiger partial charge on any atom is -0.349 e. The van der Waals surface area contributed by atoms with E-state index in [1.54, 1.807) is 0 Å². The highest BCUT2D eigenvalue weighted by atomic mass is 35.5. The molecule has 3 nitrogen and oxygen atoms in total. The summed E-state index contributed by atoms with van der Waals surface area (Å²) in [5, 5.41) is 0.346. The zero-order chi connectivity index (χ0) is 15.0. The Hall–Kier alpha value is -1.61. The van der Waals surface area contributed by atoms with Gasteiger partial charge in [-0.1, -0.05) is 31.2 Å². The Morgan fingerprint density at radius 2 is 2.05 bits per heavy atom. The third-order valence-electron chi connectivity index (χ3n) is 4.40. The zero-order valence-corrected chi connectivity index (χ0v) is 13.5. The van der Waals surface area contributed by atoms with Gasteiger partial charge in [0.25, 0.3) is 0 Å². The molecule has 110 valence electrons. The molecule has 0 bridgehead atoms. The standard InChI is InChI=1S/C17H20ClN3/c1-4-15-11(2)16(20-17(18)19-15)21-10-9-13-7-5-6-8-14(13)12(21)3/h5-8,12H,4,9-10H2,1-3H3. The van der Waals surface area contributed by atoms with Crippen molar-refractivity contribution in [3.05, 3.63) is 51.9 Å². The van der Waals surface area contributed by atoms with Crippen LogP contribution in [-0.4, -0.2) is 16.5 Å². The summed E-state index contributed by atoms with van der Waals surface area (Å²) in [5.74, 6) is 0.980. The molecule has 1 aromatic carbocycles. The normalized spacial score (nSPS) is 17.7. The Balaban J connectivity index is 2.05. The quantitative estimate of drug-likeness (QED) is 0.781. The van der Waals surface area contributed by atoms with E-state index in [0.29, 0.717) is 11.3 Å². The van der Waals surface area contributed by atoms with Crippen LogP contribution in [0, 0.1) is 6.92 Å². The summed E-state index contributed by atoms with van der Waals surface area (Å²) in [6, 6.07) is 8.97. The molecule has 0 spiro atoms. The van der Waals surface area contributed by atoms with Crippen LogP contribution >= 0.6 is 11.6 Å².